The molecular formula is C60H43N3O. The van der Waals surface area contributed by atoms with Crippen molar-refractivity contribution in [1.82, 2.24) is 4.57 Å². The zero-order valence-electron chi connectivity index (χ0n) is 35.7. The van der Waals surface area contributed by atoms with Gasteiger partial charge in [0.25, 0.3) is 0 Å². The van der Waals surface area contributed by atoms with Crippen LogP contribution in [0, 0.1) is 5.92 Å². The third kappa shape index (κ3) is 6.21. The lowest BCUT2D eigenvalue weighted by molar-refractivity contribution is 0.669. The molecule has 1 atom stereocenters. The van der Waals surface area contributed by atoms with Gasteiger partial charge < -0.3 is 8.98 Å². The van der Waals surface area contributed by atoms with Gasteiger partial charge in [0.05, 0.1) is 27.8 Å². The van der Waals surface area contributed by atoms with E-state index in [-0.39, 0.29) is 5.92 Å². The summed E-state index contributed by atoms with van der Waals surface area (Å²) in [7, 11) is 0. The second-order valence-electron chi connectivity index (χ2n) is 16.9. The summed E-state index contributed by atoms with van der Waals surface area (Å²) >= 11 is 0. The molecular weight excluding hydrogens is 779 g/mol. The molecule has 0 bridgehead atoms. The quantitative estimate of drug-likeness (QED) is 0.117. The fourth-order valence-corrected chi connectivity index (χ4v) is 9.71. The number of furan rings is 1. The van der Waals surface area contributed by atoms with E-state index in [1.165, 1.54) is 43.1 Å². The predicted molar refractivity (Wildman–Crippen MR) is 271 cm³/mol. The number of para-hydroxylation sites is 1. The van der Waals surface area contributed by atoms with Gasteiger partial charge in [-0.2, -0.15) is 0 Å². The second kappa shape index (κ2) is 15.4. The molecule has 0 radical (unpaired) electrons. The van der Waals surface area contributed by atoms with E-state index in [4.69, 9.17) is 14.4 Å². The molecule has 4 nitrogen and oxygen atoms in total. The van der Waals surface area contributed by atoms with Crippen molar-refractivity contribution in [3.63, 3.8) is 0 Å². The molecule has 0 aliphatic carbocycles. The standard InChI is InChI=1S/C60H43N3O/c1-3-38(2)57(48-29-16-23-40-19-9-11-26-46(40)48)61-60(45-25-15-24-42(35-45)39-17-5-4-6-18-39)62-58-52(33-34-55-56(58)50-28-13-14-30-54(50)64-55)63-53-37-44-22-8-7-21-43(44)36-51(53)49-32-31-41-20-10-12-27-47(41)59(49)63/h4-38H,3H2,1-2H3. The molecule has 0 amide bonds. The van der Waals surface area contributed by atoms with Gasteiger partial charge in [-0.25, -0.2) is 9.98 Å². The molecule has 12 rings (SSSR count). The maximum Gasteiger partial charge on any atom is 0.160 e. The molecule has 0 aliphatic heterocycles. The van der Waals surface area contributed by atoms with E-state index < -0.39 is 0 Å². The highest BCUT2D eigenvalue weighted by atomic mass is 16.3. The van der Waals surface area contributed by atoms with Crippen LogP contribution in [0.2, 0.25) is 0 Å². The molecule has 0 saturated heterocycles. The average Bonchev–Trinajstić information content (AvgIpc) is 3.90. The van der Waals surface area contributed by atoms with Gasteiger partial charge in [-0.3, -0.25) is 0 Å². The van der Waals surface area contributed by atoms with E-state index in [1.807, 2.05) is 12.1 Å². The van der Waals surface area contributed by atoms with Crippen LogP contribution in [-0.2, 0) is 0 Å². The molecule has 304 valence electrons. The zero-order chi connectivity index (χ0) is 42.7. The van der Waals surface area contributed by atoms with E-state index in [9.17, 15) is 0 Å². The van der Waals surface area contributed by atoms with Gasteiger partial charge in [0.1, 0.15) is 16.9 Å². The number of benzene rings is 10. The van der Waals surface area contributed by atoms with Gasteiger partial charge in [-0.15, -0.1) is 0 Å². The monoisotopic (exact) mass is 821 g/mol. The highest BCUT2D eigenvalue weighted by molar-refractivity contribution is 6.23. The minimum atomic E-state index is 0.135. The lowest BCUT2D eigenvalue weighted by Gasteiger charge is -2.18. The van der Waals surface area contributed by atoms with Gasteiger partial charge in [0.15, 0.2) is 5.84 Å². The van der Waals surface area contributed by atoms with E-state index >= 15 is 0 Å². The third-order valence-corrected chi connectivity index (χ3v) is 13.1. The van der Waals surface area contributed by atoms with Crippen molar-refractivity contribution >= 4 is 93.3 Å². The molecule has 0 spiro atoms. The van der Waals surface area contributed by atoms with Gasteiger partial charge in [-0.1, -0.05) is 184 Å². The van der Waals surface area contributed by atoms with Crippen LogP contribution in [0.25, 0.3) is 92.9 Å². The van der Waals surface area contributed by atoms with E-state index in [2.05, 4.69) is 213 Å². The smallest absolute Gasteiger partial charge is 0.160 e. The van der Waals surface area contributed by atoms with Crippen LogP contribution in [0.15, 0.2) is 221 Å². The van der Waals surface area contributed by atoms with E-state index in [0.29, 0.717) is 5.84 Å². The summed E-state index contributed by atoms with van der Waals surface area (Å²) < 4.78 is 9.12. The van der Waals surface area contributed by atoms with Gasteiger partial charge >= 0.3 is 0 Å². The van der Waals surface area contributed by atoms with Crippen molar-refractivity contribution in [1.29, 1.82) is 0 Å². The maximum atomic E-state index is 6.67. The van der Waals surface area contributed by atoms with Crippen LogP contribution in [0.3, 0.4) is 0 Å². The molecule has 0 fully saturated rings. The molecule has 4 heteroatoms. The number of fused-ring (bicyclic) bond motifs is 10. The second-order valence-corrected chi connectivity index (χ2v) is 16.9. The van der Waals surface area contributed by atoms with Crippen LogP contribution in [0.1, 0.15) is 31.4 Å². The predicted octanol–water partition coefficient (Wildman–Crippen LogP) is 16.4. The summed E-state index contributed by atoms with van der Waals surface area (Å²) in [6.45, 7) is 4.52. The Balaban J connectivity index is 1.24. The van der Waals surface area contributed by atoms with Crippen molar-refractivity contribution < 1.29 is 4.42 Å². The molecule has 1 unspecified atom stereocenters. The first kappa shape index (κ1) is 37.7. The topological polar surface area (TPSA) is 42.8 Å². The zero-order valence-corrected chi connectivity index (χ0v) is 35.7. The maximum absolute atomic E-state index is 6.67. The summed E-state index contributed by atoms with van der Waals surface area (Å²) in [6.07, 6.45) is 0.912. The molecule has 0 N–H and O–H groups in total. The highest BCUT2D eigenvalue weighted by Gasteiger charge is 2.24. The number of rotatable bonds is 7. The van der Waals surface area contributed by atoms with Crippen molar-refractivity contribution in [2.24, 2.45) is 15.9 Å². The lowest BCUT2D eigenvalue weighted by Crippen LogP contribution is -2.15. The molecule has 10 aromatic carbocycles. The first-order chi connectivity index (χ1) is 31.6. The Bertz CT molecular complexity index is 3840. The minimum Gasteiger partial charge on any atom is -0.456 e. The summed E-state index contributed by atoms with van der Waals surface area (Å²) in [5.41, 5.74) is 10.9. The lowest BCUT2D eigenvalue weighted by atomic mass is 9.92. The average molecular weight is 822 g/mol. The summed E-state index contributed by atoms with van der Waals surface area (Å²) in [6, 6.07) is 73.6. The van der Waals surface area contributed by atoms with Crippen molar-refractivity contribution in [3.8, 4) is 16.8 Å². The van der Waals surface area contributed by atoms with Crippen LogP contribution in [0.4, 0.5) is 5.69 Å². The molecule has 0 saturated carbocycles. The fraction of sp³-hybridized carbons (Fsp3) is 0.0667. The Kier molecular flexibility index (Phi) is 9.05. The Labute approximate surface area is 371 Å². The summed E-state index contributed by atoms with van der Waals surface area (Å²) in [5.74, 6) is 0.770. The van der Waals surface area contributed by atoms with Crippen LogP contribution < -0.4 is 0 Å². The van der Waals surface area contributed by atoms with Crippen LogP contribution in [0.5, 0.6) is 0 Å². The number of hydrogen-bond donors (Lipinski definition) is 0. The van der Waals surface area contributed by atoms with Crippen LogP contribution in [-0.4, -0.2) is 16.1 Å². The Hall–Kier alpha value is -8.08. The van der Waals surface area contributed by atoms with Crippen molar-refractivity contribution in [3.05, 3.63) is 217 Å². The van der Waals surface area contributed by atoms with Gasteiger partial charge in [0.2, 0.25) is 0 Å². The Morgan fingerprint density at radius 3 is 1.98 bits per heavy atom. The van der Waals surface area contributed by atoms with Crippen molar-refractivity contribution in [2.75, 3.05) is 0 Å². The summed E-state index contributed by atoms with van der Waals surface area (Å²) in [4.78, 5) is 11.7. The van der Waals surface area contributed by atoms with Gasteiger partial charge in [0, 0.05) is 32.7 Å². The number of aromatic nitrogens is 1. The van der Waals surface area contributed by atoms with E-state index in [0.717, 1.165) is 78.7 Å². The van der Waals surface area contributed by atoms with Crippen molar-refractivity contribution in [2.45, 2.75) is 20.3 Å². The highest BCUT2D eigenvalue weighted by Crippen LogP contribution is 2.45. The van der Waals surface area contributed by atoms with E-state index in [1.54, 1.807) is 0 Å². The molecule has 64 heavy (non-hydrogen) atoms. The normalized spacial score (nSPS) is 13.0. The van der Waals surface area contributed by atoms with Crippen LogP contribution >= 0.6 is 0 Å². The number of nitrogens with zero attached hydrogens (tertiary/aromatic N) is 3. The largest absolute Gasteiger partial charge is 0.456 e. The third-order valence-electron chi connectivity index (χ3n) is 13.1. The minimum absolute atomic E-state index is 0.135. The number of hydrogen-bond acceptors (Lipinski definition) is 2. The molecule has 0 aliphatic rings. The first-order valence-corrected chi connectivity index (χ1v) is 22.2. The SMILES string of the molecule is CCC(C)C(=NC(=Nc1c(-n2c3cc4ccccc4cc3c3ccc4ccccc4c32)ccc2oc3ccccc3c12)c1cccc(-c2ccccc2)c1)c1cccc2ccccc12. The fourth-order valence-electron chi connectivity index (χ4n) is 9.71. The molecule has 2 aromatic heterocycles. The molecule has 12 aromatic rings. The number of aliphatic imine (C=N–C) groups is 2. The molecule has 2 heterocycles. The number of amidine groups is 1. The Morgan fingerprint density at radius 2 is 1.17 bits per heavy atom. The first-order valence-electron chi connectivity index (χ1n) is 22.2. The summed E-state index contributed by atoms with van der Waals surface area (Å²) in [5, 5.41) is 11.4. The van der Waals surface area contributed by atoms with Gasteiger partial charge in [-0.05, 0) is 86.8 Å². The Morgan fingerprint density at radius 1 is 0.516 bits per heavy atom.